The zero-order chi connectivity index (χ0) is 15.8. The molecule has 0 fully saturated rings. The number of fused-ring (bicyclic) bond motifs is 1. The van der Waals surface area contributed by atoms with E-state index in [-0.39, 0.29) is 23.5 Å². The highest BCUT2D eigenvalue weighted by Gasteiger charge is 2.34. The quantitative estimate of drug-likeness (QED) is 0.687. The topological polar surface area (TPSA) is 49.4 Å². The molecule has 1 heterocycles. The molecule has 1 aromatic rings. The van der Waals surface area contributed by atoms with Crippen LogP contribution >= 0.6 is 0 Å². The number of halogens is 4. The van der Waals surface area contributed by atoms with Crippen LogP contribution in [0.3, 0.4) is 0 Å². The summed E-state index contributed by atoms with van der Waals surface area (Å²) in [5.74, 6) is -2.77. The number of rotatable bonds is 4. The number of nitrogens with one attached hydrogen (secondary N) is 1. The van der Waals surface area contributed by atoms with E-state index in [1.54, 1.807) is 6.92 Å². The van der Waals surface area contributed by atoms with Crippen LogP contribution in [-0.4, -0.2) is 31.0 Å². The van der Waals surface area contributed by atoms with Gasteiger partial charge >= 0.3 is 6.18 Å². The van der Waals surface area contributed by atoms with Gasteiger partial charge in [0.15, 0.2) is 0 Å². The average Bonchev–Trinajstić information content (AvgIpc) is 2.63. The molecule has 21 heavy (non-hydrogen) atoms. The third-order valence-electron chi connectivity index (χ3n) is 2.99. The number of nitrogens with zero attached hydrogens (tertiary/aromatic N) is 1. The van der Waals surface area contributed by atoms with E-state index in [0.717, 1.165) is 17.0 Å². The maximum atomic E-state index is 14.0. The van der Waals surface area contributed by atoms with Crippen LogP contribution in [0.25, 0.3) is 0 Å². The number of hydrogen-bond donors (Lipinski definition) is 1. The first kappa shape index (κ1) is 15.3. The van der Waals surface area contributed by atoms with Crippen molar-refractivity contribution in [1.82, 2.24) is 0 Å². The molecule has 1 aromatic carbocycles. The average molecular weight is 304 g/mol. The Morgan fingerprint density at radius 2 is 1.90 bits per heavy atom. The molecule has 0 spiro atoms. The van der Waals surface area contributed by atoms with Gasteiger partial charge in [0.25, 0.3) is 11.7 Å². The van der Waals surface area contributed by atoms with E-state index in [1.165, 1.54) is 0 Å². The Balaban J connectivity index is 2.41. The van der Waals surface area contributed by atoms with Gasteiger partial charge in [-0.05, 0) is 18.6 Å². The molecule has 114 valence electrons. The maximum Gasteiger partial charge on any atom is 0.405 e. The first-order valence-corrected chi connectivity index (χ1v) is 6.24. The largest absolute Gasteiger partial charge is 0.405 e. The zero-order valence-corrected chi connectivity index (χ0v) is 11.1. The van der Waals surface area contributed by atoms with Crippen LogP contribution in [0.4, 0.5) is 28.9 Å². The van der Waals surface area contributed by atoms with E-state index in [1.807, 2.05) is 0 Å². The lowest BCUT2D eigenvalue weighted by Gasteiger charge is -2.26. The van der Waals surface area contributed by atoms with Crippen molar-refractivity contribution in [1.29, 1.82) is 0 Å². The van der Waals surface area contributed by atoms with Gasteiger partial charge in [0.05, 0.1) is 16.9 Å². The fraction of sp³-hybridized carbons (Fsp3) is 0.385. The van der Waals surface area contributed by atoms with Crippen molar-refractivity contribution in [3.8, 4) is 0 Å². The molecular formula is C13H12F4N2O2. The van der Waals surface area contributed by atoms with Crippen LogP contribution in [0.1, 0.15) is 23.7 Å². The Morgan fingerprint density at radius 1 is 1.24 bits per heavy atom. The summed E-state index contributed by atoms with van der Waals surface area (Å²) in [4.78, 5) is 23.5. The molecule has 1 N–H and O–H groups in total. The standard InChI is InChI=1S/C13H12F4N2O2/c1-2-3-19(6-13(15,16)17)10-5-9-7(4-8(10)14)11(20)12(21)18-9/h4-5H,2-3,6H2,1H3,(H,18,20,21). The molecule has 8 heteroatoms. The molecule has 0 radical (unpaired) electrons. The number of hydrogen-bond acceptors (Lipinski definition) is 3. The van der Waals surface area contributed by atoms with Gasteiger partial charge in [-0.3, -0.25) is 9.59 Å². The number of ketones is 1. The molecule has 1 aliphatic heterocycles. The van der Waals surface area contributed by atoms with Gasteiger partial charge in [-0.15, -0.1) is 0 Å². The highest BCUT2D eigenvalue weighted by atomic mass is 19.4. The lowest BCUT2D eigenvalue weighted by atomic mass is 10.1. The highest BCUT2D eigenvalue weighted by molar-refractivity contribution is 6.51. The second-order valence-corrected chi connectivity index (χ2v) is 4.67. The predicted molar refractivity (Wildman–Crippen MR) is 67.9 cm³/mol. The van der Waals surface area contributed by atoms with Crippen molar-refractivity contribution in [2.45, 2.75) is 19.5 Å². The number of carbonyl (C=O) groups is 2. The molecule has 0 bridgehead atoms. The Bertz CT molecular complexity index is 599. The molecule has 0 saturated heterocycles. The minimum absolute atomic E-state index is 0.00287. The molecule has 2 rings (SSSR count). The summed E-state index contributed by atoms with van der Waals surface area (Å²) < 4.78 is 51.7. The van der Waals surface area contributed by atoms with E-state index in [9.17, 15) is 27.2 Å². The third-order valence-corrected chi connectivity index (χ3v) is 2.99. The van der Waals surface area contributed by atoms with Crippen LogP contribution < -0.4 is 10.2 Å². The van der Waals surface area contributed by atoms with Crippen LogP contribution in [-0.2, 0) is 4.79 Å². The van der Waals surface area contributed by atoms with Crippen LogP contribution in [0.5, 0.6) is 0 Å². The van der Waals surface area contributed by atoms with Gasteiger partial charge in [0.1, 0.15) is 12.4 Å². The first-order chi connectivity index (χ1) is 9.73. The van der Waals surface area contributed by atoms with E-state index < -0.39 is 30.2 Å². The zero-order valence-electron chi connectivity index (χ0n) is 11.1. The summed E-state index contributed by atoms with van der Waals surface area (Å²) in [5, 5.41) is 2.21. The summed E-state index contributed by atoms with van der Waals surface area (Å²) in [5.41, 5.74) is -0.419. The van der Waals surface area contributed by atoms with Gasteiger partial charge in [-0.2, -0.15) is 13.2 Å². The number of alkyl halides is 3. The van der Waals surface area contributed by atoms with Crippen LogP contribution in [0.2, 0.25) is 0 Å². The monoisotopic (exact) mass is 304 g/mol. The predicted octanol–water partition coefficient (Wildman–Crippen LogP) is 2.74. The SMILES string of the molecule is CCCN(CC(F)(F)F)c1cc2c(cc1F)C(=O)C(=O)N2. The Labute approximate surface area is 117 Å². The van der Waals surface area contributed by atoms with Crippen molar-refractivity contribution in [2.24, 2.45) is 0 Å². The number of amides is 1. The van der Waals surface area contributed by atoms with Crippen LogP contribution in [0, 0.1) is 5.82 Å². The second-order valence-electron chi connectivity index (χ2n) is 4.67. The van der Waals surface area contributed by atoms with E-state index in [0.29, 0.717) is 6.42 Å². The number of benzene rings is 1. The van der Waals surface area contributed by atoms with Crippen molar-refractivity contribution < 1.29 is 27.2 Å². The molecular weight excluding hydrogens is 292 g/mol. The second kappa shape index (κ2) is 5.34. The fourth-order valence-corrected chi connectivity index (χ4v) is 2.17. The van der Waals surface area contributed by atoms with Gasteiger partial charge < -0.3 is 10.2 Å². The maximum absolute atomic E-state index is 14.0. The third kappa shape index (κ3) is 3.14. The highest BCUT2D eigenvalue weighted by Crippen LogP contribution is 2.32. The molecule has 0 aliphatic carbocycles. The summed E-state index contributed by atoms with van der Waals surface area (Å²) in [6.45, 7) is 0.357. The van der Waals surface area contributed by atoms with Crippen molar-refractivity contribution in [2.75, 3.05) is 23.3 Å². The van der Waals surface area contributed by atoms with Crippen molar-refractivity contribution in [3.05, 3.63) is 23.5 Å². The Hall–Kier alpha value is -2.12. The first-order valence-electron chi connectivity index (χ1n) is 6.24. The summed E-state index contributed by atoms with van der Waals surface area (Å²) in [6, 6.07) is 1.86. The minimum atomic E-state index is -4.49. The number of anilines is 2. The lowest BCUT2D eigenvalue weighted by Crippen LogP contribution is -2.35. The summed E-state index contributed by atoms with van der Waals surface area (Å²) in [6.07, 6.45) is -4.10. The molecule has 1 aliphatic rings. The molecule has 0 aromatic heterocycles. The van der Waals surface area contributed by atoms with E-state index in [2.05, 4.69) is 5.32 Å². The number of carbonyl (C=O) groups excluding carboxylic acids is 2. The van der Waals surface area contributed by atoms with Crippen molar-refractivity contribution in [3.63, 3.8) is 0 Å². The number of Topliss-reactive ketones (excluding diaryl/α,β-unsaturated/α-hetero) is 1. The molecule has 0 unspecified atom stereocenters. The van der Waals surface area contributed by atoms with E-state index >= 15 is 0 Å². The van der Waals surface area contributed by atoms with Crippen molar-refractivity contribution >= 4 is 23.1 Å². The Morgan fingerprint density at radius 3 is 2.48 bits per heavy atom. The van der Waals surface area contributed by atoms with Gasteiger partial charge in [0.2, 0.25) is 0 Å². The van der Waals surface area contributed by atoms with Gasteiger partial charge in [-0.25, -0.2) is 4.39 Å². The lowest BCUT2D eigenvalue weighted by molar-refractivity contribution is -0.119. The van der Waals surface area contributed by atoms with Gasteiger partial charge in [-0.1, -0.05) is 6.92 Å². The summed E-state index contributed by atoms with van der Waals surface area (Å²) >= 11 is 0. The molecule has 1 amide bonds. The molecule has 0 saturated carbocycles. The minimum Gasteiger partial charge on any atom is -0.360 e. The summed E-state index contributed by atoms with van der Waals surface area (Å²) in [7, 11) is 0. The van der Waals surface area contributed by atoms with Crippen LogP contribution in [0.15, 0.2) is 12.1 Å². The molecule has 0 atom stereocenters. The normalized spacial score (nSPS) is 14.1. The van der Waals surface area contributed by atoms with E-state index in [4.69, 9.17) is 0 Å². The van der Waals surface area contributed by atoms with Gasteiger partial charge in [0, 0.05) is 6.54 Å². The fourth-order valence-electron chi connectivity index (χ4n) is 2.17. The Kier molecular flexibility index (Phi) is 3.89. The smallest absolute Gasteiger partial charge is 0.360 e. The molecule has 4 nitrogen and oxygen atoms in total.